The molecule has 194 valence electrons. The number of nitrogens with zero attached hydrogens (tertiary/aromatic N) is 2. The van der Waals surface area contributed by atoms with Crippen molar-refractivity contribution in [3.8, 4) is 11.8 Å². The number of ether oxygens (including phenoxy) is 2. The molecule has 0 aromatic heterocycles. The SMILES string of the molecule is CCOC(=O)C1CN(C2CC2)c2c(cc(F)c(F)c2C#CCC2CCCN2C(=O)OC(C)(C)C)C1=O. The Morgan fingerprint density at radius 1 is 1.19 bits per heavy atom. The second kappa shape index (κ2) is 10.1. The predicted molar refractivity (Wildman–Crippen MR) is 129 cm³/mol. The topological polar surface area (TPSA) is 76.2 Å². The summed E-state index contributed by atoms with van der Waals surface area (Å²) in [6.45, 7) is 7.75. The zero-order valence-electron chi connectivity index (χ0n) is 21.2. The summed E-state index contributed by atoms with van der Waals surface area (Å²) in [5.74, 6) is 1.03. The molecule has 2 atom stereocenters. The van der Waals surface area contributed by atoms with Gasteiger partial charge in [-0.3, -0.25) is 9.59 Å². The van der Waals surface area contributed by atoms with E-state index in [1.54, 1.807) is 37.5 Å². The van der Waals surface area contributed by atoms with Gasteiger partial charge in [0.05, 0.1) is 17.9 Å². The largest absolute Gasteiger partial charge is 0.465 e. The molecule has 3 aliphatic rings. The smallest absolute Gasteiger partial charge is 0.410 e. The lowest BCUT2D eigenvalue weighted by Crippen LogP contribution is -2.45. The van der Waals surface area contributed by atoms with Gasteiger partial charge in [-0.1, -0.05) is 11.8 Å². The fourth-order valence-corrected chi connectivity index (χ4v) is 4.78. The van der Waals surface area contributed by atoms with E-state index in [0.717, 1.165) is 31.7 Å². The van der Waals surface area contributed by atoms with Crippen molar-refractivity contribution in [2.75, 3.05) is 24.6 Å². The molecular formula is C27H32F2N2O5. The summed E-state index contributed by atoms with van der Waals surface area (Å²) < 4.78 is 40.2. The number of amides is 1. The first-order valence-electron chi connectivity index (χ1n) is 12.5. The van der Waals surface area contributed by atoms with Crippen LogP contribution in [0.4, 0.5) is 19.3 Å². The van der Waals surface area contributed by atoms with Crippen LogP contribution in [-0.4, -0.2) is 60.1 Å². The Balaban J connectivity index is 1.64. The molecule has 2 unspecified atom stereocenters. The average molecular weight is 503 g/mol. The van der Waals surface area contributed by atoms with Crippen molar-refractivity contribution in [3.05, 3.63) is 28.8 Å². The second-order valence-corrected chi connectivity index (χ2v) is 10.5. The fourth-order valence-electron chi connectivity index (χ4n) is 4.78. The van der Waals surface area contributed by atoms with Crippen LogP contribution in [0.5, 0.6) is 0 Å². The van der Waals surface area contributed by atoms with Crippen molar-refractivity contribution < 1.29 is 32.6 Å². The van der Waals surface area contributed by atoms with E-state index in [1.165, 1.54) is 0 Å². The highest BCUT2D eigenvalue weighted by atomic mass is 19.2. The molecule has 2 fully saturated rings. The molecule has 2 heterocycles. The molecule has 1 saturated heterocycles. The van der Waals surface area contributed by atoms with E-state index in [-0.39, 0.29) is 48.5 Å². The molecule has 0 N–H and O–H groups in total. The molecule has 36 heavy (non-hydrogen) atoms. The zero-order chi connectivity index (χ0) is 26.2. The normalized spacial score (nSPS) is 21.6. The first-order valence-corrected chi connectivity index (χ1v) is 12.5. The van der Waals surface area contributed by atoms with E-state index >= 15 is 4.39 Å². The third-order valence-corrected chi connectivity index (χ3v) is 6.56. The van der Waals surface area contributed by atoms with Crippen molar-refractivity contribution in [1.29, 1.82) is 0 Å². The maximum Gasteiger partial charge on any atom is 0.410 e. The minimum Gasteiger partial charge on any atom is -0.465 e. The monoisotopic (exact) mass is 502 g/mol. The zero-order valence-corrected chi connectivity index (χ0v) is 21.2. The Morgan fingerprint density at radius 2 is 1.92 bits per heavy atom. The van der Waals surface area contributed by atoms with Crippen LogP contribution in [0.2, 0.25) is 0 Å². The molecule has 2 aliphatic heterocycles. The van der Waals surface area contributed by atoms with Gasteiger partial charge in [0.2, 0.25) is 0 Å². The number of carbonyl (C=O) groups is 3. The molecule has 1 aliphatic carbocycles. The summed E-state index contributed by atoms with van der Waals surface area (Å²) in [5.41, 5.74) is -0.621. The van der Waals surface area contributed by atoms with Crippen LogP contribution < -0.4 is 4.90 Å². The number of hydrogen-bond donors (Lipinski definition) is 0. The van der Waals surface area contributed by atoms with Gasteiger partial charge in [-0.2, -0.15) is 0 Å². The highest BCUT2D eigenvalue weighted by Gasteiger charge is 2.44. The highest BCUT2D eigenvalue weighted by molar-refractivity contribution is 6.14. The molecule has 9 heteroatoms. The number of hydrogen-bond acceptors (Lipinski definition) is 6. The quantitative estimate of drug-likeness (QED) is 0.344. The van der Waals surface area contributed by atoms with Gasteiger partial charge < -0.3 is 19.3 Å². The molecule has 1 aromatic carbocycles. The number of benzene rings is 1. The van der Waals surface area contributed by atoms with Crippen molar-refractivity contribution in [3.63, 3.8) is 0 Å². The number of esters is 1. The van der Waals surface area contributed by atoms with Gasteiger partial charge >= 0.3 is 12.1 Å². The molecule has 1 aromatic rings. The Labute approximate surface area is 210 Å². The summed E-state index contributed by atoms with van der Waals surface area (Å²) in [7, 11) is 0. The highest BCUT2D eigenvalue weighted by Crippen LogP contribution is 2.42. The third kappa shape index (κ3) is 5.32. The summed E-state index contributed by atoms with van der Waals surface area (Å²) in [4.78, 5) is 41.5. The van der Waals surface area contributed by atoms with Crippen LogP contribution >= 0.6 is 0 Å². The number of rotatable bonds is 4. The minimum absolute atomic E-state index is 0.0247. The molecule has 0 radical (unpaired) electrons. The van der Waals surface area contributed by atoms with Gasteiger partial charge in [-0.15, -0.1) is 0 Å². The number of carbonyl (C=O) groups excluding carboxylic acids is 3. The Morgan fingerprint density at radius 3 is 2.56 bits per heavy atom. The molecular weight excluding hydrogens is 470 g/mol. The van der Waals surface area contributed by atoms with Gasteiger partial charge in [-0.05, 0) is 59.4 Å². The number of fused-ring (bicyclic) bond motifs is 1. The van der Waals surface area contributed by atoms with Crippen molar-refractivity contribution >= 4 is 23.5 Å². The first kappa shape index (κ1) is 25.9. The van der Waals surface area contributed by atoms with Crippen molar-refractivity contribution in [1.82, 2.24) is 4.90 Å². The van der Waals surface area contributed by atoms with Gasteiger partial charge in [0.25, 0.3) is 0 Å². The number of Topliss-reactive ketones (excluding diaryl/α,β-unsaturated/α-hetero) is 1. The van der Waals surface area contributed by atoms with Gasteiger partial charge in [-0.25, -0.2) is 13.6 Å². The number of likely N-dealkylation sites (tertiary alicyclic amines) is 1. The van der Waals surface area contributed by atoms with E-state index in [0.29, 0.717) is 6.54 Å². The van der Waals surface area contributed by atoms with Crippen LogP contribution in [0.3, 0.4) is 0 Å². The van der Waals surface area contributed by atoms with Gasteiger partial charge in [0, 0.05) is 37.2 Å². The lowest BCUT2D eigenvalue weighted by Gasteiger charge is -2.35. The summed E-state index contributed by atoms with van der Waals surface area (Å²) in [6.07, 6.45) is 3.01. The Hall–Kier alpha value is -3.15. The van der Waals surface area contributed by atoms with E-state index in [9.17, 15) is 18.8 Å². The maximum absolute atomic E-state index is 15.0. The standard InChI is InChI=1S/C27H32F2N2O5/c1-5-35-25(33)20-15-31(17-11-12-17)23-18(22(29)21(28)14-19(23)24(20)32)10-6-8-16-9-7-13-30(16)26(34)36-27(2,3)4/h14,16-17,20H,5,7-9,11-13,15H2,1-4H3. The predicted octanol–water partition coefficient (Wildman–Crippen LogP) is 4.45. The Kier molecular flexibility index (Phi) is 7.26. The van der Waals surface area contributed by atoms with E-state index in [4.69, 9.17) is 9.47 Å². The lowest BCUT2D eigenvalue weighted by molar-refractivity contribution is -0.145. The average Bonchev–Trinajstić information content (AvgIpc) is 3.53. The van der Waals surface area contributed by atoms with E-state index in [2.05, 4.69) is 11.8 Å². The Bertz CT molecular complexity index is 1130. The van der Waals surface area contributed by atoms with E-state index < -0.39 is 41.0 Å². The van der Waals surface area contributed by atoms with Crippen LogP contribution in [0.1, 0.15) is 75.7 Å². The molecule has 4 rings (SSSR count). The maximum atomic E-state index is 15.0. The minimum atomic E-state index is -1.19. The summed E-state index contributed by atoms with van der Waals surface area (Å²) >= 11 is 0. The molecule has 1 saturated carbocycles. The molecule has 7 nitrogen and oxygen atoms in total. The van der Waals surface area contributed by atoms with E-state index in [1.807, 2.05) is 0 Å². The summed E-state index contributed by atoms with van der Waals surface area (Å²) in [6, 6.07) is 0.686. The molecule has 1 amide bonds. The number of halogens is 2. The lowest BCUT2D eigenvalue weighted by atomic mass is 9.88. The third-order valence-electron chi connectivity index (χ3n) is 6.56. The van der Waals surface area contributed by atoms with Crippen molar-refractivity contribution in [2.45, 2.75) is 77.5 Å². The second-order valence-electron chi connectivity index (χ2n) is 10.5. The van der Waals surface area contributed by atoms with Gasteiger partial charge in [0.1, 0.15) is 11.5 Å². The van der Waals surface area contributed by atoms with Crippen LogP contribution in [0.15, 0.2) is 6.07 Å². The summed E-state index contributed by atoms with van der Waals surface area (Å²) in [5, 5.41) is 0. The van der Waals surface area contributed by atoms with Crippen LogP contribution in [0, 0.1) is 29.4 Å². The fraction of sp³-hybridized carbons (Fsp3) is 0.593. The molecule has 0 spiro atoms. The van der Waals surface area contributed by atoms with Crippen LogP contribution in [-0.2, 0) is 14.3 Å². The first-order chi connectivity index (χ1) is 17.0. The van der Waals surface area contributed by atoms with Crippen LogP contribution in [0.25, 0.3) is 0 Å². The van der Waals surface area contributed by atoms with Gasteiger partial charge in [0.15, 0.2) is 17.4 Å². The van der Waals surface area contributed by atoms with Crippen molar-refractivity contribution in [2.24, 2.45) is 5.92 Å². The molecule has 0 bridgehead atoms. The number of ketones is 1. The number of anilines is 1.